The second-order valence-corrected chi connectivity index (χ2v) is 5.98. The first-order valence-electron chi connectivity index (χ1n) is 5.07. The Bertz CT molecular complexity index is 490. The number of rotatable bonds is 2. The molecule has 1 fully saturated rings. The van der Waals surface area contributed by atoms with Crippen molar-refractivity contribution >= 4 is 37.5 Å². The standard InChI is InChI=1S/C11H11BrN2S/c12-8-1-2-10-9(4-8)14-11(15-10)3-7-5-13-6-7/h1-2,4,7,13H,3,5-6H2. The summed E-state index contributed by atoms with van der Waals surface area (Å²) in [5, 5.41) is 4.57. The molecule has 1 aliphatic heterocycles. The van der Waals surface area contributed by atoms with Crippen molar-refractivity contribution in [3.63, 3.8) is 0 Å². The third-order valence-electron chi connectivity index (χ3n) is 2.72. The van der Waals surface area contributed by atoms with Gasteiger partial charge in [0.05, 0.1) is 15.2 Å². The van der Waals surface area contributed by atoms with E-state index in [1.807, 2.05) is 11.3 Å². The van der Waals surface area contributed by atoms with Gasteiger partial charge in [-0.1, -0.05) is 15.9 Å². The van der Waals surface area contributed by atoms with Gasteiger partial charge in [-0.2, -0.15) is 0 Å². The van der Waals surface area contributed by atoms with Crippen LogP contribution in [0.15, 0.2) is 22.7 Å². The molecule has 1 saturated heterocycles. The van der Waals surface area contributed by atoms with E-state index in [-0.39, 0.29) is 0 Å². The van der Waals surface area contributed by atoms with Gasteiger partial charge in [-0.3, -0.25) is 0 Å². The molecule has 4 heteroatoms. The van der Waals surface area contributed by atoms with Crippen LogP contribution >= 0.6 is 27.3 Å². The van der Waals surface area contributed by atoms with E-state index in [2.05, 4.69) is 44.4 Å². The second-order valence-electron chi connectivity index (χ2n) is 3.95. The quantitative estimate of drug-likeness (QED) is 0.916. The molecular weight excluding hydrogens is 272 g/mol. The van der Waals surface area contributed by atoms with Gasteiger partial charge in [0.1, 0.15) is 0 Å². The van der Waals surface area contributed by atoms with Crippen LogP contribution < -0.4 is 5.32 Å². The van der Waals surface area contributed by atoms with E-state index in [4.69, 9.17) is 0 Å². The van der Waals surface area contributed by atoms with Crippen molar-refractivity contribution in [2.45, 2.75) is 6.42 Å². The molecule has 78 valence electrons. The average Bonchev–Trinajstić information content (AvgIpc) is 2.53. The molecule has 0 spiro atoms. The number of nitrogens with zero attached hydrogens (tertiary/aromatic N) is 1. The predicted octanol–water partition coefficient (Wildman–Crippen LogP) is 2.82. The van der Waals surface area contributed by atoms with Gasteiger partial charge in [0.25, 0.3) is 0 Å². The summed E-state index contributed by atoms with van der Waals surface area (Å²) in [4.78, 5) is 4.66. The van der Waals surface area contributed by atoms with Gasteiger partial charge in [0, 0.05) is 10.9 Å². The van der Waals surface area contributed by atoms with E-state index in [0.717, 1.165) is 35.4 Å². The van der Waals surface area contributed by atoms with Gasteiger partial charge >= 0.3 is 0 Å². The highest BCUT2D eigenvalue weighted by atomic mass is 79.9. The van der Waals surface area contributed by atoms with Gasteiger partial charge in [0.2, 0.25) is 0 Å². The first-order chi connectivity index (χ1) is 7.31. The van der Waals surface area contributed by atoms with E-state index < -0.39 is 0 Å². The summed E-state index contributed by atoms with van der Waals surface area (Å²) in [6.45, 7) is 2.30. The zero-order valence-corrected chi connectivity index (χ0v) is 10.6. The number of thiazole rings is 1. The van der Waals surface area contributed by atoms with Crippen molar-refractivity contribution in [1.29, 1.82) is 0 Å². The van der Waals surface area contributed by atoms with Crippen molar-refractivity contribution in [2.75, 3.05) is 13.1 Å². The normalized spacial score (nSPS) is 16.9. The lowest BCUT2D eigenvalue weighted by atomic mass is 10.0. The van der Waals surface area contributed by atoms with Crippen LogP contribution in [-0.4, -0.2) is 18.1 Å². The summed E-state index contributed by atoms with van der Waals surface area (Å²) in [6.07, 6.45) is 1.13. The smallest absolute Gasteiger partial charge is 0.0942 e. The Morgan fingerprint density at radius 1 is 1.47 bits per heavy atom. The van der Waals surface area contributed by atoms with Crippen molar-refractivity contribution < 1.29 is 0 Å². The van der Waals surface area contributed by atoms with Crippen LogP contribution in [0.2, 0.25) is 0 Å². The Morgan fingerprint density at radius 3 is 3.07 bits per heavy atom. The highest BCUT2D eigenvalue weighted by Gasteiger charge is 2.18. The largest absolute Gasteiger partial charge is 0.316 e. The maximum atomic E-state index is 4.66. The van der Waals surface area contributed by atoms with Crippen LogP contribution in [-0.2, 0) is 6.42 Å². The fourth-order valence-electron chi connectivity index (χ4n) is 1.78. The molecular formula is C11H11BrN2S. The van der Waals surface area contributed by atoms with E-state index in [1.54, 1.807) is 0 Å². The highest BCUT2D eigenvalue weighted by molar-refractivity contribution is 9.10. The highest BCUT2D eigenvalue weighted by Crippen LogP contribution is 2.27. The Hall–Kier alpha value is -0.450. The Kier molecular flexibility index (Phi) is 2.50. The molecule has 2 aromatic rings. The predicted molar refractivity (Wildman–Crippen MR) is 67.4 cm³/mol. The number of benzene rings is 1. The fraction of sp³-hybridized carbons (Fsp3) is 0.364. The molecule has 0 radical (unpaired) electrons. The summed E-state index contributed by atoms with van der Waals surface area (Å²) in [5.74, 6) is 0.800. The van der Waals surface area contributed by atoms with E-state index in [9.17, 15) is 0 Å². The lowest BCUT2D eigenvalue weighted by molar-refractivity contribution is 0.346. The zero-order chi connectivity index (χ0) is 10.3. The SMILES string of the molecule is Brc1ccc2sc(CC3CNC3)nc2c1. The molecule has 0 atom stereocenters. The van der Waals surface area contributed by atoms with Crippen LogP contribution in [0.5, 0.6) is 0 Å². The minimum absolute atomic E-state index is 0.800. The molecule has 1 aromatic heterocycles. The van der Waals surface area contributed by atoms with Crippen LogP contribution in [0.1, 0.15) is 5.01 Å². The molecule has 0 bridgehead atoms. The Labute approximate surface area is 101 Å². The first-order valence-corrected chi connectivity index (χ1v) is 6.68. The van der Waals surface area contributed by atoms with Crippen molar-refractivity contribution in [2.24, 2.45) is 5.92 Å². The first kappa shape index (κ1) is 9.75. The number of fused-ring (bicyclic) bond motifs is 1. The van der Waals surface area contributed by atoms with Crippen LogP contribution in [0.25, 0.3) is 10.2 Å². The third-order valence-corrected chi connectivity index (χ3v) is 4.28. The minimum atomic E-state index is 0.800. The third kappa shape index (κ3) is 1.94. The monoisotopic (exact) mass is 282 g/mol. The number of aromatic nitrogens is 1. The molecule has 1 N–H and O–H groups in total. The van der Waals surface area contributed by atoms with E-state index >= 15 is 0 Å². The minimum Gasteiger partial charge on any atom is -0.316 e. The van der Waals surface area contributed by atoms with Crippen LogP contribution in [0.4, 0.5) is 0 Å². The number of halogens is 1. The van der Waals surface area contributed by atoms with Gasteiger partial charge in [0.15, 0.2) is 0 Å². The molecule has 2 heterocycles. The van der Waals surface area contributed by atoms with E-state index in [1.165, 1.54) is 9.71 Å². The molecule has 0 unspecified atom stereocenters. The molecule has 3 rings (SSSR count). The Morgan fingerprint density at radius 2 is 2.33 bits per heavy atom. The number of nitrogens with one attached hydrogen (secondary N) is 1. The second kappa shape index (κ2) is 3.85. The summed E-state index contributed by atoms with van der Waals surface area (Å²) in [5.41, 5.74) is 1.12. The van der Waals surface area contributed by atoms with E-state index in [0.29, 0.717) is 0 Å². The van der Waals surface area contributed by atoms with Crippen LogP contribution in [0.3, 0.4) is 0 Å². The van der Waals surface area contributed by atoms with Gasteiger partial charge in [-0.05, 0) is 37.2 Å². The van der Waals surface area contributed by atoms with Crippen LogP contribution in [0, 0.1) is 5.92 Å². The molecule has 1 aromatic carbocycles. The van der Waals surface area contributed by atoms with Crippen molar-refractivity contribution in [1.82, 2.24) is 10.3 Å². The lowest BCUT2D eigenvalue weighted by Gasteiger charge is -2.25. The molecule has 1 aliphatic rings. The molecule has 0 amide bonds. The summed E-state index contributed by atoms with van der Waals surface area (Å²) in [6, 6.07) is 6.31. The summed E-state index contributed by atoms with van der Waals surface area (Å²) in [7, 11) is 0. The number of hydrogen-bond donors (Lipinski definition) is 1. The van der Waals surface area contributed by atoms with Gasteiger partial charge in [-0.15, -0.1) is 11.3 Å². The molecule has 0 aliphatic carbocycles. The summed E-state index contributed by atoms with van der Waals surface area (Å²) >= 11 is 5.30. The number of hydrogen-bond acceptors (Lipinski definition) is 3. The molecule has 0 saturated carbocycles. The zero-order valence-electron chi connectivity index (χ0n) is 8.16. The van der Waals surface area contributed by atoms with Crippen molar-refractivity contribution in [3.8, 4) is 0 Å². The van der Waals surface area contributed by atoms with Crippen molar-refractivity contribution in [3.05, 3.63) is 27.7 Å². The maximum Gasteiger partial charge on any atom is 0.0942 e. The average molecular weight is 283 g/mol. The topological polar surface area (TPSA) is 24.9 Å². The lowest BCUT2D eigenvalue weighted by Crippen LogP contribution is -2.43. The molecule has 15 heavy (non-hydrogen) atoms. The summed E-state index contributed by atoms with van der Waals surface area (Å²) < 4.78 is 2.40. The molecule has 2 nitrogen and oxygen atoms in total. The van der Waals surface area contributed by atoms with Gasteiger partial charge in [-0.25, -0.2) is 4.98 Å². The maximum absolute atomic E-state index is 4.66. The van der Waals surface area contributed by atoms with Gasteiger partial charge < -0.3 is 5.32 Å². The Balaban J connectivity index is 1.91. The fourth-order valence-corrected chi connectivity index (χ4v) is 3.19.